The Morgan fingerprint density at radius 2 is 1.56 bits per heavy atom. The number of nitrogens with two attached hydrogens (primary N) is 1. The maximum absolute atomic E-state index is 5.56. The number of hydrogen-bond acceptors (Lipinski definition) is 4. The minimum Gasteiger partial charge on any atom is -0.382 e. The second-order valence-electron chi connectivity index (χ2n) is 4.57. The van der Waals surface area contributed by atoms with Gasteiger partial charge in [-0.2, -0.15) is 0 Å². The van der Waals surface area contributed by atoms with Crippen molar-refractivity contribution < 1.29 is 0 Å². The standard InChI is InChI=1S/C14H16N4/c15-13-5-6-14(17-16-13)18-9-7-11-3-1-2-4-12(11)8-10-18/h1-6H,7-10H2,(H2,15,16). The molecule has 0 radical (unpaired) electrons. The molecule has 4 nitrogen and oxygen atoms in total. The van der Waals surface area contributed by atoms with E-state index in [1.807, 2.05) is 6.07 Å². The molecule has 3 rings (SSSR count). The van der Waals surface area contributed by atoms with Gasteiger partial charge in [-0.05, 0) is 36.1 Å². The first-order chi connectivity index (χ1) is 8.83. The van der Waals surface area contributed by atoms with Crippen molar-refractivity contribution in [3.8, 4) is 0 Å². The molecular weight excluding hydrogens is 224 g/mol. The van der Waals surface area contributed by atoms with Gasteiger partial charge in [0.1, 0.15) is 5.82 Å². The molecule has 1 aliphatic heterocycles. The van der Waals surface area contributed by atoms with E-state index in [9.17, 15) is 0 Å². The topological polar surface area (TPSA) is 55.0 Å². The zero-order chi connectivity index (χ0) is 12.4. The van der Waals surface area contributed by atoms with Gasteiger partial charge in [0.05, 0.1) is 0 Å². The monoisotopic (exact) mass is 240 g/mol. The SMILES string of the molecule is Nc1ccc(N2CCc3ccccc3CC2)nn1. The van der Waals surface area contributed by atoms with E-state index >= 15 is 0 Å². The Morgan fingerprint density at radius 1 is 0.889 bits per heavy atom. The maximum atomic E-state index is 5.56. The van der Waals surface area contributed by atoms with Crippen molar-refractivity contribution in [1.82, 2.24) is 10.2 Å². The summed E-state index contributed by atoms with van der Waals surface area (Å²) >= 11 is 0. The maximum Gasteiger partial charge on any atom is 0.151 e. The van der Waals surface area contributed by atoms with Gasteiger partial charge in [-0.1, -0.05) is 24.3 Å². The van der Waals surface area contributed by atoms with Crippen LogP contribution in [0.15, 0.2) is 36.4 Å². The Morgan fingerprint density at radius 3 is 2.11 bits per heavy atom. The highest BCUT2D eigenvalue weighted by atomic mass is 15.3. The molecule has 0 spiro atoms. The summed E-state index contributed by atoms with van der Waals surface area (Å²) in [6.07, 6.45) is 2.12. The van der Waals surface area contributed by atoms with Crippen LogP contribution in [0.4, 0.5) is 11.6 Å². The summed E-state index contributed by atoms with van der Waals surface area (Å²) in [5, 5.41) is 8.08. The van der Waals surface area contributed by atoms with Crippen LogP contribution in [0.25, 0.3) is 0 Å². The number of rotatable bonds is 1. The number of nitrogens with zero attached hydrogens (tertiary/aromatic N) is 3. The third kappa shape index (κ3) is 2.14. The van der Waals surface area contributed by atoms with Crippen molar-refractivity contribution in [2.45, 2.75) is 12.8 Å². The fourth-order valence-electron chi connectivity index (χ4n) is 2.40. The number of aromatic nitrogens is 2. The van der Waals surface area contributed by atoms with Gasteiger partial charge in [0.2, 0.25) is 0 Å². The largest absolute Gasteiger partial charge is 0.382 e. The molecule has 0 bridgehead atoms. The van der Waals surface area contributed by atoms with Crippen molar-refractivity contribution >= 4 is 11.6 Å². The lowest BCUT2D eigenvalue weighted by atomic mass is 10.0. The van der Waals surface area contributed by atoms with Gasteiger partial charge >= 0.3 is 0 Å². The molecule has 1 aromatic carbocycles. The highest BCUT2D eigenvalue weighted by Crippen LogP contribution is 2.19. The van der Waals surface area contributed by atoms with Crippen molar-refractivity contribution in [3.63, 3.8) is 0 Å². The number of anilines is 2. The van der Waals surface area contributed by atoms with Gasteiger partial charge in [0.25, 0.3) is 0 Å². The molecule has 0 atom stereocenters. The Bertz CT molecular complexity index is 509. The number of fused-ring (bicyclic) bond motifs is 1. The van der Waals surface area contributed by atoms with E-state index in [1.165, 1.54) is 11.1 Å². The lowest BCUT2D eigenvalue weighted by molar-refractivity contribution is 0.778. The van der Waals surface area contributed by atoms with Crippen LogP contribution in [-0.2, 0) is 12.8 Å². The first kappa shape index (κ1) is 11.0. The molecule has 0 fully saturated rings. The molecule has 0 unspecified atom stereocenters. The second kappa shape index (κ2) is 4.64. The molecule has 1 aliphatic rings. The van der Waals surface area contributed by atoms with Gasteiger partial charge in [0.15, 0.2) is 5.82 Å². The van der Waals surface area contributed by atoms with Crippen molar-refractivity contribution in [1.29, 1.82) is 0 Å². The van der Waals surface area contributed by atoms with Crippen LogP contribution >= 0.6 is 0 Å². The van der Waals surface area contributed by atoms with Gasteiger partial charge in [0, 0.05) is 13.1 Å². The normalized spacial score (nSPS) is 15.0. The van der Waals surface area contributed by atoms with Crippen molar-refractivity contribution in [3.05, 3.63) is 47.5 Å². The first-order valence-electron chi connectivity index (χ1n) is 6.24. The Labute approximate surface area is 106 Å². The van der Waals surface area contributed by atoms with Crippen LogP contribution in [0.3, 0.4) is 0 Å². The highest BCUT2D eigenvalue weighted by Gasteiger charge is 2.14. The molecule has 2 aromatic rings. The number of nitrogen functional groups attached to an aromatic ring is 1. The Hall–Kier alpha value is -2.10. The molecule has 18 heavy (non-hydrogen) atoms. The lowest BCUT2D eigenvalue weighted by Crippen LogP contribution is -2.27. The van der Waals surface area contributed by atoms with Crippen LogP contribution < -0.4 is 10.6 Å². The molecule has 0 saturated carbocycles. The molecule has 0 amide bonds. The highest BCUT2D eigenvalue weighted by molar-refractivity contribution is 5.43. The van der Waals surface area contributed by atoms with Crippen molar-refractivity contribution in [2.24, 2.45) is 0 Å². The van der Waals surface area contributed by atoms with E-state index < -0.39 is 0 Å². The fraction of sp³-hybridized carbons (Fsp3) is 0.286. The van der Waals surface area contributed by atoms with E-state index in [2.05, 4.69) is 39.4 Å². The molecule has 0 saturated heterocycles. The zero-order valence-corrected chi connectivity index (χ0v) is 10.2. The number of benzene rings is 1. The first-order valence-corrected chi connectivity index (χ1v) is 6.24. The quantitative estimate of drug-likeness (QED) is 0.823. The van der Waals surface area contributed by atoms with Crippen LogP contribution in [0.2, 0.25) is 0 Å². The van der Waals surface area contributed by atoms with Crippen molar-refractivity contribution in [2.75, 3.05) is 23.7 Å². The summed E-state index contributed by atoms with van der Waals surface area (Å²) in [7, 11) is 0. The van der Waals surface area contributed by atoms with E-state index in [1.54, 1.807) is 6.07 Å². The summed E-state index contributed by atoms with van der Waals surface area (Å²) in [4.78, 5) is 2.27. The van der Waals surface area contributed by atoms with Gasteiger partial charge < -0.3 is 10.6 Å². The lowest BCUT2D eigenvalue weighted by Gasteiger charge is -2.20. The van der Waals surface area contributed by atoms with Crippen LogP contribution in [0.1, 0.15) is 11.1 Å². The van der Waals surface area contributed by atoms with E-state index in [0.29, 0.717) is 5.82 Å². The minimum absolute atomic E-state index is 0.469. The smallest absolute Gasteiger partial charge is 0.151 e. The molecule has 92 valence electrons. The summed E-state index contributed by atoms with van der Waals surface area (Å²) in [6.45, 7) is 1.96. The van der Waals surface area contributed by atoms with E-state index in [-0.39, 0.29) is 0 Å². The Kier molecular flexibility index (Phi) is 2.84. The molecule has 0 aliphatic carbocycles. The number of hydrogen-bond donors (Lipinski definition) is 1. The summed E-state index contributed by atoms with van der Waals surface area (Å²) in [5.74, 6) is 1.38. The predicted octanol–water partition coefficient (Wildman–Crippen LogP) is 1.66. The molecule has 2 heterocycles. The van der Waals surface area contributed by atoms with Crippen LogP contribution in [-0.4, -0.2) is 23.3 Å². The average molecular weight is 240 g/mol. The van der Waals surface area contributed by atoms with Gasteiger partial charge in [-0.3, -0.25) is 0 Å². The van der Waals surface area contributed by atoms with Crippen LogP contribution in [0.5, 0.6) is 0 Å². The van der Waals surface area contributed by atoms with Gasteiger partial charge in [-0.25, -0.2) is 0 Å². The molecule has 4 heteroatoms. The van der Waals surface area contributed by atoms with E-state index in [0.717, 1.165) is 31.7 Å². The molecule has 2 N–H and O–H groups in total. The van der Waals surface area contributed by atoms with E-state index in [4.69, 9.17) is 5.73 Å². The summed E-state index contributed by atoms with van der Waals surface area (Å²) < 4.78 is 0. The summed E-state index contributed by atoms with van der Waals surface area (Å²) in [6, 6.07) is 12.4. The predicted molar refractivity (Wildman–Crippen MR) is 72.5 cm³/mol. The molecule has 1 aromatic heterocycles. The third-order valence-corrected chi connectivity index (χ3v) is 3.42. The minimum atomic E-state index is 0.469. The summed E-state index contributed by atoms with van der Waals surface area (Å²) in [5.41, 5.74) is 8.46. The van der Waals surface area contributed by atoms with Crippen LogP contribution in [0, 0.1) is 0 Å². The Balaban J connectivity index is 1.80. The zero-order valence-electron chi connectivity index (χ0n) is 10.2. The molecular formula is C14H16N4. The third-order valence-electron chi connectivity index (χ3n) is 3.42. The second-order valence-corrected chi connectivity index (χ2v) is 4.57. The average Bonchev–Trinajstić information content (AvgIpc) is 2.62. The van der Waals surface area contributed by atoms with Gasteiger partial charge in [-0.15, -0.1) is 10.2 Å². The fourth-order valence-corrected chi connectivity index (χ4v) is 2.40.